The van der Waals surface area contributed by atoms with Crippen molar-refractivity contribution in [3.05, 3.63) is 53.9 Å². The first-order valence-electron chi connectivity index (χ1n) is 7.12. The number of carbonyl (C=O) groups excluding carboxylic acids is 1. The van der Waals surface area contributed by atoms with Gasteiger partial charge < -0.3 is 9.64 Å². The summed E-state index contributed by atoms with van der Waals surface area (Å²) in [5, 5.41) is 13.3. The fourth-order valence-electron chi connectivity index (χ4n) is 2.45. The van der Waals surface area contributed by atoms with Crippen molar-refractivity contribution < 1.29 is 9.53 Å². The van der Waals surface area contributed by atoms with Gasteiger partial charge in [0, 0.05) is 12.7 Å². The van der Waals surface area contributed by atoms with Crippen LogP contribution >= 0.6 is 0 Å². The molecule has 0 spiro atoms. The maximum Gasteiger partial charge on any atom is 0.258 e. The number of hydrogen-bond acceptors (Lipinski definition) is 4. The van der Waals surface area contributed by atoms with E-state index < -0.39 is 6.04 Å². The molecule has 2 heterocycles. The van der Waals surface area contributed by atoms with Gasteiger partial charge in [-0.2, -0.15) is 10.4 Å². The maximum absolute atomic E-state index is 12.5. The Morgan fingerprint density at radius 1 is 1.41 bits per heavy atom. The summed E-state index contributed by atoms with van der Waals surface area (Å²) in [5.74, 6) is -0.172. The second-order valence-corrected chi connectivity index (χ2v) is 5.13. The number of amides is 1. The predicted molar refractivity (Wildman–Crippen MR) is 79.0 cm³/mol. The highest BCUT2D eigenvalue weighted by molar-refractivity contribution is 5.94. The Hall–Kier alpha value is -2.65. The molecule has 1 fully saturated rings. The molecule has 0 saturated carbocycles. The van der Waals surface area contributed by atoms with Gasteiger partial charge in [-0.3, -0.25) is 9.48 Å². The minimum absolute atomic E-state index is 0.172. The smallest absolute Gasteiger partial charge is 0.258 e. The number of rotatable bonds is 3. The van der Waals surface area contributed by atoms with E-state index in [0.29, 0.717) is 25.3 Å². The highest BCUT2D eigenvalue weighted by Crippen LogP contribution is 2.12. The van der Waals surface area contributed by atoms with Crippen molar-refractivity contribution in [1.82, 2.24) is 14.7 Å². The first-order chi connectivity index (χ1) is 10.8. The lowest BCUT2D eigenvalue weighted by Crippen LogP contribution is -2.47. The van der Waals surface area contributed by atoms with Gasteiger partial charge in [0.25, 0.3) is 5.91 Å². The van der Waals surface area contributed by atoms with E-state index in [1.54, 1.807) is 22.0 Å². The summed E-state index contributed by atoms with van der Waals surface area (Å²) in [6.07, 6.45) is 3.27. The molecule has 0 unspecified atom stereocenters. The topological polar surface area (TPSA) is 71.2 Å². The van der Waals surface area contributed by atoms with E-state index in [-0.39, 0.29) is 12.5 Å². The third-order valence-electron chi connectivity index (χ3n) is 3.61. The van der Waals surface area contributed by atoms with Crippen molar-refractivity contribution in [2.75, 3.05) is 19.8 Å². The molecule has 0 radical (unpaired) electrons. The van der Waals surface area contributed by atoms with Gasteiger partial charge in [-0.15, -0.1) is 0 Å². The monoisotopic (exact) mass is 296 g/mol. The number of carbonyl (C=O) groups is 1. The maximum atomic E-state index is 12.5. The summed E-state index contributed by atoms with van der Waals surface area (Å²) in [6, 6.07) is 11.5. The third-order valence-corrected chi connectivity index (χ3v) is 3.61. The van der Waals surface area contributed by atoms with Crippen LogP contribution in [0.15, 0.2) is 42.7 Å². The lowest BCUT2D eigenvalue weighted by molar-refractivity contribution is 0.0132. The van der Waals surface area contributed by atoms with Crippen LogP contribution in [0.5, 0.6) is 0 Å². The number of nitrogens with zero attached hydrogens (tertiary/aromatic N) is 4. The summed E-state index contributed by atoms with van der Waals surface area (Å²) in [4.78, 5) is 14.0. The Morgan fingerprint density at radius 3 is 3.00 bits per heavy atom. The highest BCUT2D eigenvalue weighted by Gasteiger charge is 2.28. The van der Waals surface area contributed by atoms with Crippen LogP contribution in [0.2, 0.25) is 0 Å². The first-order valence-corrected chi connectivity index (χ1v) is 7.12. The largest absolute Gasteiger partial charge is 0.376 e. The van der Waals surface area contributed by atoms with Crippen LogP contribution in [0.1, 0.15) is 15.9 Å². The lowest BCUT2D eigenvalue weighted by atomic mass is 10.2. The van der Waals surface area contributed by atoms with Crippen LogP contribution in [0.25, 0.3) is 0 Å². The zero-order valence-electron chi connectivity index (χ0n) is 12.1. The predicted octanol–water partition coefficient (Wildman–Crippen LogP) is 1.30. The quantitative estimate of drug-likeness (QED) is 0.856. The third kappa shape index (κ3) is 3.00. The molecule has 1 aromatic carbocycles. The molecule has 0 N–H and O–H groups in total. The molecule has 1 atom stereocenters. The van der Waals surface area contributed by atoms with E-state index in [1.165, 1.54) is 0 Å². The van der Waals surface area contributed by atoms with Gasteiger partial charge in [-0.25, -0.2) is 0 Å². The van der Waals surface area contributed by atoms with Crippen molar-refractivity contribution >= 4 is 5.91 Å². The average molecular weight is 296 g/mol. The molecule has 1 aliphatic heterocycles. The molecule has 6 nitrogen and oxygen atoms in total. The SMILES string of the molecule is N#C[C@H]1COCCN1C(=O)c1cnn(Cc2ccccc2)c1. The molecule has 0 bridgehead atoms. The summed E-state index contributed by atoms with van der Waals surface area (Å²) >= 11 is 0. The summed E-state index contributed by atoms with van der Waals surface area (Å²) in [6.45, 7) is 1.77. The van der Waals surface area contributed by atoms with Gasteiger partial charge in [0.1, 0.15) is 6.04 Å². The van der Waals surface area contributed by atoms with Crippen molar-refractivity contribution in [2.24, 2.45) is 0 Å². The number of ether oxygens (including phenoxy) is 1. The van der Waals surface area contributed by atoms with E-state index in [1.807, 2.05) is 30.3 Å². The van der Waals surface area contributed by atoms with E-state index in [0.717, 1.165) is 5.56 Å². The van der Waals surface area contributed by atoms with Crippen LogP contribution in [0.4, 0.5) is 0 Å². The van der Waals surface area contributed by atoms with Crippen LogP contribution < -0.4 is 0 Å². The van der Waals surface area contributed by atoms with Gasteiger partial charge in [-0.05, 0) is 5.56 Å². The van der Waals surface area contributed by atoms with E-state index >= 15 is 0 Å². The van der Waals surface area contributed by atoms with E-state index in [9.17, 15) is 4.79 Å². The number of aromatic nitrogens is 2. The fourth-order valence-corrected chi connectivity index (χ4v) is 2.45. The summed E-state index contributed by atoms with van der Waals surface area (Å²) < 4.78 is 6.96. The van der Waals surface area contributed by atoms with E-state index in [4.69, 9.17) is 10.00 Å². The van der Waals surface area contributed by atoms with Gasteiger partial charge in [0.2, 0.25) is 0 Å². The second-order valence-electron chi connectivity index (χ2n) is 5.13. The fraction of sp³-hybridized carbons (Fsp3) is 0.312. The summed E-state index contributed by atoms with van der Waals surface area (Å²) in [5.41, 5.74) is 1.61. The number of hydrogen-bond donors (Lipinski definition) is 0. The molecule has 0 aliphatic carbocycles. The minimum Gasteiger partial charge on any atom is -0.376 e. The number of nitriles is 1. The molecule has 1 saturated heterocycles. The lowest BCUT2D eigenvalue weighted by Gasteiger charge is -2.30. The average Bonchev–Trinajstić information content (AvgIpc) is 3.03. The van der Waals surface area contributed by atoms with Crippen molar-refractivity contribution in [3.63, 3.8) is 0 Å². The molecule has 1 aliphatic rings. The Labute approximate surface area is 128 Å². The highest BCUT2D eigenvalue weighted by atomic mass is 16.5. The standard InChI is InChI=1S/C16H16N4O2/c17-8-15-12-22-7-6-20(15)16(21)14-9-18-19(11-14)10-13-4-2-1-3-5-13/h1-5,9,11,15H,6-7,10,12H2/t15-/m0/s1. The van der Waals surface area contributed by atoms with Crippen LogP contribution in [-0.4, -0.2) is 46.4 Å². The molecule has 112 valence electrons. The van der Waals surface area contributed by atoms with Crippen molar-refractivity contribution in [3.8, 4) is 6.07 Å². The first kappa shape index (κ1) is 14.3. The number of benzene rings is 1. The van der Waals surface area contributed by atoms with Crippen molar-refractivity contribution in [1.29, 1.82) is 5.26 Å². The van der Waals surface area contributed by atoms with Gasteiger partial charge >= 0.3 is 0 Å². The Bertz CT molecular complexity index is 690. The van der Waals surface area contributed by atoms with Gasteiger partial charge in [0.15, 0.2) is 0 Å². The molecule has 22 heavy (non-hydrogen) atoms. The Balaban J connectivity index is 1.73. The van der Waals surface area contributed by atoms with Crippen LogP contribution in [-0.2, 0) is 11.3 Å². The molecule has 1 amide bonds. The van der Waals surface area contributed by atoms with Gasteiger partial charge in [-0.1, -0.05) is 30.3 Å². The molecule has 2 aromatic rings. The normalized spacial score (nSPS) is 18.0. The molecule has 6 heteroatoms. The minimum atomic E-state index is -0.529. The Kier molecular flexibility index (Phi) is 4.17. The molecular formula is C16H16N4O2. The molecular weight excluding hydrogens is 280 g/mol. The number of morpholine rings is 1. The molecule has 3 rings (SSSR count). The second kappa shape index (κ2) is 6.41. The summed E-state index contributed by atoms with van der Waals surface area (Å²) in [7, 11) is 0. The van der Waals surface area contributed by atoms with Gasteiger partial charge in [0.05, 0.1) is 37.6 Å². The molecule has 1 aromatic heterocycles. The van der Waals surface area contributed by atoms with Crippen LogP contribution in [0.3, 0.4) is 0 Å². The van der Waals surface area contributed by atoms with E-state index in [2.05, 4.69) is 11.2 Å². The van der Waals surface area contributed by atoms with Crippen LogP contribution in [0, 0.1) is 11.3 Å². The van der Waals surface area contributed by atoms with Crippen molar-refractivity contribution in [2.45, 2.75) is 12.6 Å². The zero-order valence-corrected chi connectivity index (χ0v) is 12.1. The Morgan fingerprint density at radius 2 is 2.23 bits per heavy atom. The zero-order chi connectivity index (χ0) is 15.4.